The van der Waals surface area contributed by atoms with Gasteiger partial charge in [0.2, 0.25) is 0 Å². The zero-order valence-corrected chi connectivity index (χ0v) is 15.6. The number of likely N-dealkylation sites (N-methyl/N-ethyl adjacent to an activating group) is 1. The Kier molecular flexibility index (Phi) is 6.17. The maximum atomic E-state index is 13.0. The molecule has 1 aliphatic rings. The third kappa shape index (κ3) is 3.67. The molecular formula is C18H17Cl2N3O2. The third-order valence-corrected chi connectivity index (χ3v) is 4.16. The maximum absolute atomic E-state index is 13.0. The molecule has 2 rings (SSSR count). The number of aliphatic imine (C=N–C) groups is 1. The number of anilines is 1. The van der Waals surface area contributed by atoms with Crippen LogP contribution in [0.15, 0.2) is 65.3 Å². The zero-order valence-electron chi connectivity index (χ0n) is 14.1. The maximum Gasteiger partial charge on any atom is 0.258 e. The molecule has 0 unspecified atom stereocenters. The predicted molar refractivity (Wildman–Crippen MR) is 102 cm³/mol. The normalized spacial score (nSPS) is 17.2. The van der Waals surface area contributed by atoms with Crippen LogP contribution in [0.4, 0.5) is 5.69 Å². The summed E-state index contributed by atoms with van der Waals surface area (Å²) in [5, 5.41) is 0.574. The lowest BCUT2D eigenvalue weighted by Gasteiger charge is -2.24. The molecule has 5 nitrogen and oxygen atoms in total. The fourth-order valence-electron chi connectivity index (χ4n) is 2.46. The Labute approximate surface area is 156 Å². The minimum absolute atomic E-state index is 0.286. The summed E-state index contributed by atoms with van der Waals surface area (Å²) < 4.78 is 5.32. The second kappa shape index (κ2) is 8.14. The molecule has 0 radical (unpaired) electrons. The SMILES string of the molecule is C=CN=C1C(OC)=CC=C(C(=O)N(C)c2c(Cl)cncc2Cl)/C1=C/C. The predicted octanol–water partition coefficient (Wildman–Crippen LogP) is 4.35. The van der Waals surface area contributed by atoms with Crippen LogP contribution in [0, 0.1) is 0 Å². The van der Waals surface area contributed by atoms with Gasteiger partial charge in [0.05, 0.1) is 22.8 Å². The summed E-state index contributed by atoms with van der Waals surface area (Å²) in [7, 11) is 3.14. The molecule has 1 heterocycles. The molecule has 1 aliphatic carbocycles. The van der Waals surface area contributed by atoms with Gasteiger partial charge >= 0.3 is 0 Å². The van der Waals surface area contributed by atoms with E-state index in [0.717, 1.165) is 0 Å². The zero-order chi connectivity index (χ0) is 18.6. The standard InChI is InChI=1S/C18H17Cl2N3O2/c1-5-11-12(7-8-15(25-4)16(11)22-6-2)18(24)23(3)17-13(19)9-21-10-14(17)20/h5-10H,2H2,1,3-4H3/b11-5-,22-16?. The molecule has 7 heteroatoms. The highest BCUT2D eigenvalue weighted by molar-refractivity contribution is 6.40. The van der Waals surface area contributed by atoms with E-state index in [4.69, 9.17) is 27.9 Å². The van der Waals surface area contributed by atoms with Crippen molar-refractivity contribution in [3.8, 4) is 0 Å². The first kappa shape index (κ1) is 19.0. The van der Waals surface area contributed by atoms with E-state index in [-0.39, 0.29) is 16.0 Å². The molecule has 0 N–H and O–H groups in total. The average molecular weight is 378 g/mol. The van der Waals surface area contributed by atoms with Crippen molar-refractivity contribution in [1.82, 2.24) is 4.98 Å². The summed E-state index contributed by atoms with van der Waals surface area (Å²) in [6.07, 6.45) is 9.43. The first-order chi connectivity index (χ1) is 12.0. The number of allylic oxidation sites excluding steroid dienone is 4. The monoisotopic (exact) mass is 377 g/mol. The number of amides is 1. The number of rotatable bonds is 4. The summed E-state index contributed by atoms with van der Waals surface area (Å²) in [5.41, 5.74) is 2.00. The number of hydrogen-bond donors (Lipinski definition) is 0. The van der Waals surface area contributed by atoms with E-state index in [0.29, 0.717) is 28.3 Å². The van der Waals surface area contributed by atoms with E-state index >= 15 is 0 Å². The highest BCUT2D eigenvalue weighted by Crippen LogP contribution is 2.34. The summed E-state index contributed by atoms with van der Waals surface area (Å²) in [5.74, 6) is 0.262. The fraction of sp³-hybridized carbons (Fsp3) is 0.167. The summed E-state index contributed by atoms with van der Waals surface area (Å²) in [6, 6.07) is 0. The topological polar surface area (TPSA) is 54.8 Å². The van der Waals surface area contributed by atoms with Crippen LogP contribution in [0.3, 0.4) is 0 Å². The quantitative estimate of drug-likeness (QED) is 0.783. The van der Waals surface area contributed by atoms with E-state index in [2.05, 4.69) is 16.6 Å². The van der Waals surface area contributed by atoms with Crippen LogP contribution < -0.4 is 4.90 Å². The molecule has 0 atom stereocenters. The van der Waals surface area contributed by atoms with Crippen molar-refractivity contribution in [2.24, 2.45) is 4.99 Å². The van der Waals surface area contributed by atoms with Gasteiger partial charge in [-0.2, -0.15) is 0 Å². The molecule has 0 saturated carbocycles. The van der Waals surface area contributed by atoms with Crippen molar-refractivity contribution in [3.63, 3.8) is 0 Å². The number of pyridine rings is 1. The summed E-state index contributed by atoms with van der Waals surface area (Å²) in [6.45, 7) is 5.43. The Morgan fingerprint density at radius 2 is 1.96 bits per heavy atom. The lowest BCUT2D eigenvalue weighted by atomic mass is 9.93. The van der Waals surface area contributed by atoms with E-state index in [1.807, 2.05) is 6.92 Å². The molecule has 130 valence electrons. The van der Waals surface area contributed by atoms with Gasteiger partial charge in [0.1, 0.15) is 11.5 Å². The van der Waals surface area contributed by atoms with Crippen molar-refractivity contribution >= 4 is 40.5 Å². The number of ether oxygens (including phenoxy) is 1. The molecule has 0 aromatic carbocycles. The lowest BCUT2D eigenvalue weighted by molar-refractivity contribution is -0.114. The van der Waals surface area contributed by atoms with Crippen molar-refractivity contribution in [3.05, 3.63) is 70.4 Å². The van der Waals surface area contributed by atoms with Crippen molar-refractivity contribution in [1.29, 1.82) is 0 Å². The molecule has 0 fully saturated rings. The molecule has 0 saturated heterocycles. The van der Waals surface area contributed by atoms with Crippen LogP contribution in [0.2, 0.25) is 10.0 Å². The number of hydrogen-bond acceptors (Lipinski definition) is 4. The molecule has 25 heavy (non-hydrogen) atoms. The molecular weight excluding hydrogens is 361 g/mol. The Hall–Kier alpha value is -2.37. The number of halogens is 2. The molecule has 1 amide bonds. The van der Waals surface area contributed by atoms with Gasteiger partial charge in [-0.1, -0.05) is 35.9 Å². The van der Waals surface area contributed by atoms with E-state index < -0.39 is 0 Å². The van der Waals surface area contributed by atoms with Crippen LogP contribution in [0.25, 0.3) is 0 Å². The van der Waals surface area contributed by atoms with Gasteiger partial charge in [-0.25, -0.2) is 0 Å². The first-order valence-corrected chi connectivity index (χ1v) is 8.11. The minimum atomic E-state index is -0.286. The number of carbonyl (C=O) groups is 1. The second-order valence-corrected chi connectivity index (χ2v) is 5.81. The summed E-state index contributed by atoms with van der Waals surface area (Å²) in [4.78, 5) is 22.6. The minimum Gasteiger partial charge on any atom is -0.494 e. The highest BCUT2D eigenvalue weighted by Gasteiger charge is 2.28. The number of aromatic nitrogens is 1. The average Bonchev–Trinajstić information content (AvgIpc) is 2.60. The molecule has 1 aromatic rings. The number of carbonyl (C=O) groups excluding carboxylic acids is 1. The van der Waals surface area contributed by atoms with Crippen molar-refractivity contribution in [2.45, 2.75) is 6.92 Å². The van der Waals surface area contributed by atoms with Crippen LogP contribution in [0.1, 0.15) is 6.92 Å². The smallest absolute Gasteiger partial charge is 0.258 e. The van der Waals surface area contributed by atoms with Crippen LogP contribution in [-0.4, -0.2) is 30.8 Å². The second-order valence-electron chi connectivity index (χ2n) is 4.99. The van der Waals surface area contributed by atoms with Crippen LogP contribution in [-0.2, 0) is 9.53 Å². The van der Waals surface area contributed by atoms with Gasteiger partial charge in [0.15, 0.2) is 0 Å². The van der Waals surface area contributed by atoms with Gasteiger partial charge in [-0.3, -0.25) is 14.8 Å². The van der Waals surface area contributed by atoms with E-state index in [9.17, 15) is 4.79 Å². The van der Waals surface area contributed by atoms with Gasteiger partial charge in [-0.05, 0) is 19.1 Å². The van der Waals surface area contributed by atoms with Crippen LogP contribution in [0.5, 0.6) is 0 Å². The molecule has 0 bridgehead atoms. The largest absolute Gasteiger partial charge is 0.494 e. The van der Waals surface area contributed by atoms with Gasteiger partial charge < -0.3 is 9.64 Å². The Morgan fingerprint density at radius 3 is 2.48 bits per heavy atom. The van der Waals surface area contributed by atoms with Crippen LogP contribution >= 0.6 is 23.2 Å². The lowest BCUT2D eigenvalue weighted by Crippen LogP contribution is -2.31. The Morgan fingerprint density at radius 1 is 1.32 bits per heavy atom. The highest BCUT2D eigenvalue weighted by atomic mass is 35.5. The Balaban J connectivity index is 2.51. The molecule has 1 aromatic heterocycles. The van der Waals surface area contributed by atoms with Gasteiger partial charge in [0.25, 0.3) is 5.91 Å². The van der Waals surface area contributed by atoms with Crippen molar-refractivity contribution in [2.75, 3.05) is 19.1 Å². The first-order valence-electron chi connectivity index (χ1n) is 7.35. The molecule has 0 spiro atoms. The van der Waals surface area contributed by atoms with Gasteiger partial charge in [0, 0.05) is 36.8 Å². The van der Waals surface area contributed by atoms with Gasteiger partial charge in [-0.15, -0.1) is 0 Å². The number of nitrogens with zero attached hydrogens (tertiary/aromatic N) is 3. The third-order valence-electron chi connectivity index (χ3n) is 3.61. The van der Waals surface area contributed by atoms with E-state index in [1.54, 1.807) is 32.4 Å². The fourth-order valence-corrected chi connectivity index (χ4v) is 3.08. The Bertz CT molecular complexity index is 818. The summed E-state index contributed by atoms with van der Waals surface area (Å²) >= 11 is 12.3. The van der Waals surface area contributed by atoms with Crippen molar-refractivity contribution < 1.29 is 9.53 Å². The van der Waals surface area contributed by atoms with E-state index in [1.165, 1.54) is 23.5 Å². The molecule has 0 aliphatic heterocycles. The number of methoxy groups -OCH3 is 1.